The van der Waals surface area contributed by atoms with Crippen LogP contribution in [0.25, 0.3) is 0 Å². The number of nitrogens with one attached hydrogen (secondary N) is 1. The first-order chi connectivity index (χ1) is 7.96. The SMILES string of the molecule is CC1CC(CCC(C)(C)C)c2ccccc2N1. The van der Waals surface area contributed by atoms with Crippen molar-refractivity contribution in [3.05, 3.63) is 29.8 Å². The molecule has 94 valence electrons. The van der Waals surface area contributed by atoms with E-state index in [1.165, 1.54) is 30.5 Å². The molecule has 2 unspecified atom stereocenters. The zero-order chi connectivity index (χ0) is 12.5. The van der Waals surface area contributed by atoms with Crippen molar-refractivity contribution in [2.45, 2.75) is 58.9 Å². The monoisotopic (exact) mass is 231 g/mol. The maximum Gasteiger partial charge on any atom is 0.0377 e. The molecule has 1 N–H and O–H groups in total. The van der Waals surface area contributed by atoms with Gasteiger partial charge in [0.1, 0.15) is 0 Å². The standard InChI is InChI=1S/C16H25N/c1-12-11-13(9-10-16(2,3)4)14-7-5-6-8-15(14)17-12/h5-8,12-13,17H,9-11H2,1-4H3. The van der Waals surface area contributed by atoms with Crippen LogP contribution >= 0.6 is 0 Å². The molecule has 1 aliphatic rings. The van der Waals surface area contributed by atoms with Crippen LogP contribution in [0.15, 0.2) is 24.3 Å². The molecule has 0 aromatic heterocycles. The summed E-state index contributed by atoms with van der Waals surface area (Å²) in [4.78, 5) is 0. The second-order valence-corrected chi connectivity index (χ2v) is 6.66. The zero-order valence-corrected chi connectivity index (χ0v) is 11.6. The summed E-state index contributed by atoms with van der Waals surface area (Å²) in [6.07, 6.45) is 3.89. The highest BCUT2D eigenvalue weighted by Gasteiger charge is 2.24. The van der Waals surface area contributed by atoms with Crippen LogP contribution in [-0.4, -0.2) is 6.04 Å². The molecular formula is C16H25N. The molecule has 1 aromatic rings. The molecule has 1 nitrogen and oxygen atoms in total. The molecule has 2 atom stereocenters. The van der Waals surface area contributed by atoms with E-state index in [2.05, 4.69) is 57.3 Å². The normalized spacial score (nSPS) is 24.0. The Morgan fingerprint density at radius 1 is 1.24 bits per heavy atom. The molecule has 0 aliphatic carbocycles. The van der Waals surface area contributed by atoms with E-state index in [1.807, 2.05) is 0 Å². The lowest BCUT2D eigenvalue weighted by molar-refractivity contribution is 0.338. The highest BCUT2D eigenvalue weighted by atomic mass is 14.9. The van der Waals surface area contributed by atoms with E-state index >= 15 is 0 Å². The molecule has 0 saturated heterocycles. The number of anilines is 1. The van der Waals surface area contributed by atoms with E-state index in [9.17, 15) is 0 Å². The minimum absolute atomic E-state index is 0.447. The van der Waals surface area contributed by atoms with Gasteiger partial charge in [-0.05, 0) is 49.1 Å². The van der Waals surface area contributed by atoms with Crippen molar-refractivity contribution in [2.24, 2.45) is 5.41 Å². The van der Waals surface area contributed by atoms with Crippen molar-refractivity contribution in [3.8, 4) is 0 Å². The number of para-hydroxylation sites is 1. The van der Waals surface area contributed by atoms with Gasteiger partial charge < -0.3 is 5.32 Å². The topological polar surface area (TPSA) is 12.0 Å². The molecule has 1 aromatic carbocycles. The number of fused-ring (bicyclic) bond motifs is 1. The molecule has 1 heterocycles. The smallest absolute Gasteiger partial charge is 0.0377 e. The molecule has 0 amide bonds. The molecule has 0 saturated carbocycles. The fourth-order valence-electron chi connectivity index (χ4n) is 2.74. The third kappa shape index (κ3) is 3.24. The average Bonchev–Trinajstić information content (AvgIpc) is 2.24. The van der Waals surface area contributed by atoms with Crippen LogP contribution in [0.1, 0.15) is 58.4 Å². The predicted octanol–water partition coefficient (Wildman–Crippen LogP) is 4.80. The lowest BCUT2D eigenvalue weighted by Gasteiger charge is -2.33. The quantitative estimate of drug-likeness (QED) is 0.771. The van der Waals surface area contributed by atoms with Gasteiger partial charge in [0.2, 0.25) is 0 Å². The first-order valence-corrected chi connectivity index (χ1v) is 6.81. The molecular weight excluding hydrogens is 206 g/mol. The van der Waals surface area contributed by atoms with Gasteiger partial charge in [0, 0.05) is 11.7 Å². The first-order valence-electron chi connectivity index (χ1n) is 6.81. The van der Waals surface area contributed by atoms with Gasteiger partial charge in [0.15, 0.2) is 0 Å². The molecule has 0 radical (unpaired) electrons. The molecule has 0 spiro atoms. The van der Waals surface area contributed by atoms with E-state index in [0.29, 0.717) is 11.5 Å². The van der Waals surface area contributed by atoms with Crippen molar-refractivity contribution >= 4 is 5.69 Å². The van der Waals surface area contributed by atoms with Gasteiger partial charge in [0.05, 0.1) is 0 Å². The minimum Gasteiger partial charge on any atom is -0.382 e. The highest BCUT2D eigenvalue weighted by Crippen LogP contribution is 2.38. The fourth-order valence-corrected chi connectivity index (χ4v) is 2.74. The van der Waals surface area contributed by atoms with Crippen molar-refractivity contribution in [2.75, 3.05) is 5.32 Å². The van der Waals surface area contributed by atoms with Gasteiger partial charge >= 0.3 is 0 Å². The second-order valence-electron chi connectivity index (χ2n) is 6.66. The van der Waals surface area contributed by atoms with Gasteiger partial charge in [-0.15, -0.1) is 0 Å². The van der Waals surface area contributed by atoms with Crippen molar-refractivity contribution in [1.82, 2.24) is 0 Å². The van der Waals surface area contributed by atoms with Crippen LogP contribution < -0.4 is 5.32 Å². The second kappa shape index (κ2) is 4.72. The Labute approximate surface area is 106 Å². The number of rotatable bonds is 2. The molecule has 0 bridgehead atoms. The van der Waals surface area contributed by atoms with E-state index in [4.69, 9.17) is 0 Å². The van der Waals surface area contributed by atoms with Crippen LogP contribution in [0.5, 0.6) is 0 Å². The summed E-state index contributed by atoms with van der Waals surface area (Å²) in [6, 6.07) is 9.41. The summed E-state index contributed by atoms with van der Waals surface area (Å²) in [5, 5.41) is 3.59. The van der Waals surface area contributed by atoms with E-state index in [1.54, 1.807) is 0 Å². The van der Waals surface area contributed by atoms with Crippen LogP contribution in [0.4, 0.5) is 5.69 Å². The molecule has 0 fully saturated rings. The van der Waals surface area contributed by atoms with Gasteiger partial charge in [-0.3, -0.25) is 0 Å². The van der Waals surface area contributed by atoms with Crippen molar-refractivity contribution in [1.29, 1.82) is 0 Å². The summed E-state index contributed by atoms with van der Waals surface area (Å²) in [7, 11) is 0. The Kier molecular flexibility index (Phi) is 3.46. The van der Waals surface area contributed by atoms with Crippen LogP contribution in [0.3, 0.4) is 0 Å². The lowest BCUT2D eigenvalue weighted by atomic mass is 9.79. The summed E-state index contributed by atoms with van der Waals surface area (Å²) in [5.74, 6) is 0.738. The Bertz CT molecular complexity index is 375. The summed E-state index contributed by atoms with van der Waals surface area (Å²) in [5.41, 5.74) is 3.32. The third-order valence-corrected chi connectivity index (χ3v) is 3.68. The van der Waals surface area contributed by atoms with Crippen molar-refractivity contribution in [3.63, 3.8) is 0 Å². The first kappa shape index (κ1) is 12.5. The Balaban J connectivity index is 2.13. The van der Waals surface area contributed by atoms with E-state index < -0.39 is 0 Å². The number of hydrogen-bond acceptors (Lipinski definition) is 1. The Morgan fingerprint density at radius 2 is 1.94 bits per heavy atom. The summed E-state index contributed by atoms with van der Waals surface area (Å²) in [6.45, 7) is 9.30. The number of hydrogen-bond donors (Lipinski definition) is 1. The summed E-state index contributed by atoms with van der Waals surface area (Å²) >= 11 is 0. The molecule has 1 heteroatoms. The maximum absolute atomic E-state index is 3.59. The molecule has 17 heavy (non-hydrogen) atoms. The van der Waals surface area contributed by atoms with Gasteiger partial charge in [-0.2, -0.15) is 0 Å². The van der Waals surface area contributed by atoms with Crippen LogP contribution in [0, 0.1) is 5.41 Å². The third-order valence-electron chi connectivity index (χ3n) is 3.68. The van der Waals surface area contributed by atoms with E-state index in [0.717, 1.165) is 5.92 Å². The Morgan fingerprint density at radius 3 is 2.65 bits per heavy atom. The number of benzene rings is 1. The fraction of sp³-hybridized carbons (Fsp3) is 0.625. The zero-order valence-electron chi connectivity index (χ0n) is 11.6. The van der Waals surface area contributed by atoms with Crippen LogP contribution in [0.2, 0.25) is 0 Å². The van der Waals surface area contributed by atoms with Gasteiger partial charge in [-0.1, -0.05) is 39.0 Å². The Hall–Kier alpha value is -0.980. The molecule has 2 rings (SSSR count). The van der Waals surface area contributed by atoms with Gasteiger partial charge in [-0.25, -0.2) is 0 Å². The van der Waals surface area contributed by atoms with Crippen molar-refractivity contribution < 1.29 is 0 Å². The average molecular weight is 231 g/mol. The lowest BCUT2D eigenvalue weighted by Crippen LogP contribution is -2.26. The van der Waals surface area contributed by atoms with Gasteiger partial charge in [0.25, 0.3) is 0 Å². The minimum atomic E-state index is 0.447. The molecule has 1 aliphatic heterocycles. The highest BCUT2D eigenvalue weighted by molar-refractivity contribution is 5.55. The predicted molar refractivity (Wildman–Crippen MR) is 75.6 cm³/mol. The maximum atomic E-state index is 3.59. The van der Waals surface area contributed by atoms with Crippen LogP contribution in [-0.2, 0) is 0 Å². The summed E-state index contributed by atoms with van der Waals surface area (Å²) < 4.78 is 0. The largest absolute Gasteiger partial charge is 0.382 e. The van der Waals surface area contributed by atoms with E-state index in [-0.39, 0.29) is 0 Å².